The van der Waals surface area contributed by atoms with E-state index < -0.39 is 0 Å². The second-order valence-electron chi connectivity index (χ2n) is 7.81. The van der Waals surface area contributed by atoms with Gasteiger partial charge in [-0.1, -0.05) is 35.4 Å². The number of rotatable bonds is 5. The minimum Gasteiger partial charge on any atom is -0.342 e. The molecule has 0 aliphatic rings. The van der Waals surface area contributed by atoms with Gasteiger partial charge in [0.1, 0.15) is 4.83 Å². The maximum atomic E-state index is 12.7. The number of fused-ring (bicyclic) bond motifs is 1. The first-order valence-electron chi connectivity index (χ1n) is 10.1. The number of hydrogen-bond donors (Lipinski definition) is 2. The van der Waals surface area contributed by atoms with E-state index in [1.165, 1.54) is 11.3 Å². The second kappa shape index (κ2) is 8.76. The molecule has 4 aromatic rings. The number of nitrogens with one attached hydrogen (secondary N) is 2. The van der Waals surface area contributed by atoms with Gasteiger partial charge in [0.25, 0.3) is 5.91 Å². The van der Waals surface area contributed by atoms with E-state index in [9.17, 15) is 9.59 Å². The molecular formula is C24H23ClN4O2S. The fourth-order valence-electron chi connectivity index (χ4n) is 3.75. The summed E-state index contributed by atoms with van der Waals surface area (Å²) < 4.78 is 1.79. The topological polar surface area (TPSA) is 76.0 Å². The molecule has 6 nitrogen and oxygen atoms in total. The lowest BCUT2D eigenvalue weighted by Gasteiger charge is -2.13. The average molecular weight is 467 g/mol. The third-order valence-corrected chi connectivity index (χ3v) is 6.52. The number of aryl methyl sites for hydroxylation is 4. The molecule has 2 amide bonds. The zero-order valence-electron chi connectivity index (χ0n) is 18.2. The van der Waals surface area contributed by atoms with Gasteiger partial charge in [-0.05, 0) is 63.1 Å². The monoisotopic (exact) mass is 466 g/mol. The predicted molar refractivity (Wildman–Crippen MR) is 130 cm³/mol. The van der Waals surface area contributed by atoms with Crippen LogP contribution in [0.3, 0.4) is 0 Å². The van der Waals surface area contributed by atoms with Gasteiger partial charge in [0, 0.05) is 16.1 Å². The number of aromatic nitrogens is 2. The maximum absolute atomic E-state index is 12.7. The van der Waals surface area contributed by atoms with Crippen LogP contribution in [0.25, 0.3) is 15.9 Å². The molecule has 0 saturated heterocycles. The zero-order valence-corrected chi connectivity index (χ0v) is 19.8. The van der Waals surface area contributed by atoms with Gasteiger partial charge < -0.3 is 10.6 Å². The number of anilines is 1. The van der Waals surface area contributed by atoms with E-state index in [-0.39, 0.29) is 18.4 Å². The summed E-state index contributed by atoms with van der Waals surface area (Å²) >= 11 is 7.45. The molecule has 0 unspecified atom stereocenters. The van der Waals surface area contributed by atoms with E-state index in [0.29, 0.717) is 9.90 Å². The lowest BCUT2D eigenvalue weighted by Crippen LogP contribution is -2.32. The van der Waals surface area contributed by atoms with Crippen molar-refractivity contribution in [2.24, 2.45) is 0 Å². The van der Waals surface area contributed by atoms with Crippen LogP contribution in [0.15, 0.2) is 42.5 Å². The van der Waals surface area contributed by atoms with E-state index in [4.69, 9.17) is 11.6 Å². The summed E-state index contributed by atoms with van der Waals surface area (Å²) in [6, 6.07) is 13.2. The van der Waals surface area contributed by atoms with E-state index in [0.717, 1.165) is 44.0 Å². The molecular weight excluding hydrogens is 444 g/mol. The zero-order chi connectivity index (χ0) is 23.0. The Morgan fingerprint density at radius 3 is 2.47 bits per heavy atom. The van der Waals surface area contributed by atoms with Crippen LogP contribution in [0.2, 0.25) is 5.02 Å². The predicted octanol–water partition coefficient (Wildman–Crippen LogP) is 5.34. The van der Waals surface area contributed by atoms with Crippen LogP contribution in [-0.4, -0.2) is 28.1 Å². The third kappa shape index (κ3) is 4.40. The fourth-order valence-corrected chi connectivity index (χ4v) is 5.03. The summed E-state index contributed by atoms with van der Waals surface area (Å²) in [7, 11) is 0. The van der Waals surface area contributed by atoms with Crippen LogP contribution < -0.4 is 10.6 Å². The Morgan fingerprint density at radius 2 is 1.78 bits per heavy atom. The van der Waals surface area contributed by atoms with Crippen molar-refractivity contribution >= 4 is 50.7 Å². The molecule has 2 N–H and O–H groups in total. The van der Waals surface area contributed by atoms with Crippen LogP contribution in [-0.2, 0) is 4.79 Å². The van der Waals surface area contributed by atoms with Crippen molar-refractivity contribution in [2.75, 3.05) is 11.9 Å². The van der Waals surface area contributed by atoms with Gasteiger partial charge in [-0.3, -0.25) is 9.59 Å². The first kappa shape index (κ1) is 22.0. The molecule has 0 saturated carbocycles. The van der Waals surface area contributed by atoms with Crippen molar-refractivity contribution in [3.63, 3.8) is 0 Å². The molecule has 0 radical (unpaired) electrons. The molecule has 32 heavy (non-hydrogen) atoms. The highest BCUT2D eigenvalue weighted by atomic mass is 35.5. The van der Waals surface area contributed by atoms with Crippen molar-refractivity contribution in [1.29, 1.82) is 0 Å². The minimum atomic E-state index is -0.296. The van der Waals surface area contributed by atoms with Crippen LogP contribution in [0, 0.1) is 27.7 Å². The SMILES string of the molecule is Cc1cc(C)c(NC(=O)CNC(=O)c2cc3c(C)nn(-c4cccc(Cl)c4)c3s2)c(C)c1. The van der Waals surface area contributed by atoms with Gasteiger partial charge in [-0.15, -0.1) is 11.3 Å². The molecule has 0 spiro atoms. The quantitative estimate of drug-likeness (QED) is 0.416. The Hall–Kier alpha value is -3.16. The largest absolute Gasteiger partial charge is 0.342 e. The van der Waals surface area contributed by atoms with Crippen molar-refractivity contribution < 1.29 is 9.59 Å². The van der Waals surface area contributed by atoms with E-state index in [2.05, 4.69) is 15.7 Å². The van der Waals surface area contributed by atoms with Crippen molar-refractivity contribution in [1.82, 2.24) is 15.1 Å². The van der Waals surface area contributed by atoms with Crippen LogP contribution in [0.4, 0.5) is 5.69 Å². The van der Waals surface area contributed by atoms with Crippen LogP contribution in [0.1, 0.15) is 32.1 Å². The van der Waals surface area contributed by atoms with Gasteiger partial charge >= 0.3 is 0 Å². The molecule has 2 aromatic carbocycles. The number of carbonyl (C=O) groups excluding carboxylic acids is 2. The Balaban J connectivity index is 1.49. The highest BCUT2D eigenvalue weighted by Crippen LogP contribution is 2.31. The molecule has 8 heteroatoms. The standard InChI is InChI=1S/C24H23ClN4O2S/c1-13-8-14(2)22(15(3)9-13)27-21(30)12-26-23(31)20-11-19-16(4)28-29(24(19)32-20)18-7-5-6-17(25)10-18/h5-11H,12H2,1-4H3,(H,26,31)(H,27,30). The third-order valence-electron chi connectivity index (χ3n) is 5.17. The number of nitrogens with zero attached hydrogens (tertiary/aromatic N) is 2. The average Bonchev–Trinajstić information content (AvgIpc) is 3.29. The molecule has 0 aliphatic carbocycles. The fraction of sp³-hybridized carbons (Fsp3) is 0.208. The highest BCUT2D eigenvalue weighted by molar-refractivity contribution is 7.20. The number of amides is 2. The normalized spacial score (nSPS) is 11.0. The first-order chi connectivity index (χ1) is 15.2. The molecule has 0 bridgehead atoms. The van der Waals surface area contributed by atoms with Gasteiger partial charge in [0.2, 0.25) is 5.91 Å². The van der Waals surface area contributed by atoms with Crippen molar-refractivity contribution in [3.8, 4) is 5.69 Å². The lowest BCUT2D eigenvalue weighted by atomic mass is 10.1. The maximum Gasteiger partial charge on any atom is 0.261 e. The molecule has 4 rings (SSSR count). The van der Waals surface area contributed by atoms with Crippen LogP contribution >= 0.6 is 22.9 Å². The number of benzene rings is 2. The molecule has 2 aromatic heterocycles. The Kier molecular flexibility index (Phi) is 6.04. The Bertz CT molecular complexity index is 1330. The van der Waals surface area contributed by atoms with Gasteiger partial charge in [-0.2, -0.15) is 5.10 Å². The Morgan fingerprint density at radius 1 is 1.06 bits per heavy atom. The van der Waals surface area contributed by atoms with E-state index in [1.54, 1.807) is 10.7 Å². The molecule has 2 heterocycles. The minimum absolute atomic E-state index is 0.112. The first-order valence-corrected chi connectivity index (χ1v) is 11.3. The molecule has 164 valence electrons. The molecule has 0 fully saturated rings. The summed E-state index contributed by atoms with van der Waals surface area (Å²) in [4.78, 5) is 26.5. The van der Waals surface area contributed by atoms with E-state index >= 15 is 0 Å². The van der Waals surface area contributed by atoms with Gasteiger partial charge in [0.15, 0.2) is 0 Å². The van der Waals surface area contributed by atoms with E-state index in [1.807, 2.05) is 64.1 Å². The number of thiophene rings is 1. The smallest absolute Gasteiger partial charge is 0.261 e. The second-order valence-corrected chi connectivity index (χ2v) is 9.28. The van der Waals surface area contributed by atoms with Gasteiger partial charge in [0.05, 0.1) is 22.8 Å². The molecule has 0 atom stereocenters. The summed E-state index contributed by atoms with van der Waals surface area (Å²) in [6.07, 6.45) is 0. The summed E-state index contributed by atoms with van der Waals surface area (Å²) in [5.41, 5.74) is 5.56. The van der Waals surface area contributed by atoms with Crippen LogP contribution in [0.5, 0.6) is 0 Å². The summed E-state index contributed by atoms with van der Waals surface area (Å²) in [5, 5.41) is 11.7. The van der Waals surface area contributed by atoms with Gasteiger partial charge in [-0.25, -0.2) is 4.68 Å². The number of carbonyl (C=O) groups is 2. The summed E-state index contributed by atoms with van der Waals surface area (Å²) in [5.74, 6) is -0.563. The summed E-state index contributed by atoms with van der Waals surface area (Å²) in [6.45, 7) is 7.72. The number of hydrogen-bond acceptors (Lipinski definition) is 4. The number of halogens is 1. The van der Waals surface area contributed by atoms with Crippen molar-refractivity contribution in [2.45, 2.75) is 27.7 Å². The Labute approximate surface area is 195 Å². The van der Waals surface area contributed by atoms with Crippen molar-refractivity contribution in [3.05, 3.63) is 74.7 Å². The highest BCUT2D eigenvalue weighted by Gasteiger charge is 2.18. The molecule has 0 aliphatic heterocycles. The lowest BCUT2D eigenvalue weighted by molar-refractivity contribution is -0.115.